The SMILES string of the molecule is CCC(=O)Nc1cc(C)nn1-c1nc(CC)cc(=O)[nH]1. The first kappa shape index (κ1) is 14.0. The Bertz CT molecular complexity index is 686. The van der Waals surface area contributed by atoms with Crippen molar-refractivity contribution in [3.63, 3.8) is 0 Å². The van der Waals surface area contributed by atoms with Gasteiger partial charge in [0.1, 0.15) is 5.82 Å². The summed E-state index contributed by atoms with van der Waals surface area (Å²) < 4.78 is 1.43. The zero-order chi connectivity index (χ0) is 14.7. The van der Waals surface area contributed by atoms with Gasteiger partial charge >= 0.3 is 0 Å². The highest BCUT2D eigenvalue weighted by Crippen LogP contribution is 2.14. The molecule has 0 aliphatic carbocycles. The largest absolute Gasteiger partial charge is 0.310 e. The lowest BCUT2D eigenvalue weighted by atomic mass is 10.3. The Labute approximate surface area is 116 Å². The predicted molar refractivity (Wildman–Crippen MR) is 75.0 cm³/mol. The van der Waals surface area contributed by atoms with Crippen molar-refractivity contribution in [1.82, 2.24) is 19.7 Å². The molecule has 2 aromatic heterocycles. The molecule has 0 bridgehead atoms. The summed E-state index contributed by atoms with van der Waals surface area (Å²) in [5.41, 5.74) is 1.15. The molecule has 0 spiro atoms. The molecule has 0 radical (unpaired) electrons. The molecule has 0 aliphatic rings. The van der Waals surface area contributed by atoms with E-state index in [2.05, 4.69) is 20.4 Å². The highest BCUT2D eigenvalue weighted by atomic mass is 16.1. The van der Waals surface area contributed by atoms with Crippen molar-refractivity contribution in [2.24, 2.45) is 0 Å². The highest BCUT2D eigenvalue weighted by Gasteiger charge is 2.12. The average Bonchev–Trinajstić information content (AvgIpc) is 2.78. The number of hydrogen-bond donors (Lipinski definition) is 2. The van der Waals surface area contributed by atoms with E-state index >= 15 is 0 Å². The number of aromatic amines is 1. The highest BCUT2D eigenvalue weighted by molar-refractivity contribution is 5.89. The van der Waals surface area contributed by atoms with Crippen molar-refractivity contribution < 1.29 is 4.79 Å². The van der Waals surface area contributed by atoms with Gasteiger partial charge in [0, 0.05) is 24.2 Å². The third-order valence-electron chi connectivity index (χ3n) is 2.77. The Kier molecular flexibility index (Phi) is 3.97. The number of anilines is 1. The van der Waals surface area contributed by atoms with E-state index in [4.69, 9.17) is 0 Å². The van der Waals surface area contributed by atoms with Crippen LogP contribution in [0.2, 0.25) is 0 Å². The molecule has 2 heterocycles. The zero-order valence-electron chi connectivity index (χ0n) is 11.7. The normalized spacial score (nSPS) is 10.6. The minimum absolute atomic E-state index is 0.125. The van der Waals surface area contributed by atoms with Gasteiger partial charge in [-0.05, 0) is 13.3 Å². The van der Waals surface area contributed by atoms with Crippen LogP contribution in [0.4, 0.5) is 5.82 Å². The number of H-pyrrole nitrogens is 1. The van der Waals surface area contributed by atoms with Crippen LogP contribution in [-0.2, 0) is 11.2 Å². The Balaban J connectivity index is 2.49. The van der Waals surface area contributed by atoms with Gasteiger partial charge in [0.25, 0.3) is 5.56 Å². The quantitative estimate of drug-likeness (QED) is 0.876. The number of aryl methyl sites for hydroxylation is 2. The van der Waals surface area contributed by atoms with Crippen LogP contribution in [0.1, 0.15) is 31.7 Å². The minimum atomic E-state index is -0.243. The van der Waals surface area contributed by atoms with Crippen molar-refractivity contribution in [2.75, 3.05) is 5.32 Å². The van der Waals surface area contributed by atoms with Crippen molar-refractivity contribution >= 4 is 11.7 Å². The van der Waals surface area contributed by atoms with E-state index in [0.717, 1.165) is 5.69 Å². The topological polar surface area (TPSA) is 92.7 Å². The molecule has 0 fully saturated rings. The maximum Gasteiger partial charge on any atom is 0.252 e. The molecule has 7 nitrogen and oxygen atoms in total. The molecular weight excluding hydrogens is 258 g/mol. The van der Waals surface area contributed by atoms with E-state index < -0.39 is 0 Å². The zero-order valence-corrected chi connectivity index (χ0v) is 11.7. The maximum absolute atomic E-state index is 11.6. The molecule has 0 aliphatic heterocycles. The molecule has 0 saturated carbocycles. The first-order valence-corrected chi connectivity index (χ1v) is 6.50. The second-order valence-corrected chi connectivity index (χ2v) is 4.40. The summed E-state index contributed by atoms with van der Waals surface area (Å²) >= 11 is 0. The number of aromatic nitrogens is 4. The van der Waals surface area contributed by atoms with Gasteiger partial charge in [-0.25, -0.2) is 4.98 Å². The van der Waals surface area contributed by atoms with Crippen molar-refractivity contribution in [1.29, 1.82) is 0 Å². The lowest BCUT2D eigenvalue weighted by molar-refractivity contribution is -0.115. The third-order valence-corrected chi connectivity index (χ3v) is 2.77. The molecule has 2 aromatic rings. The standard InChI is InChI=1S/C13H17N5O2/c1-4-9-7-12(20)16-13(14-9)18-10(6-8(3)17-18)15-11(19)5-2/h6-7H,4-5H2,1-3H3,(H,15,19)(H,14,16,20). The molecule has 0 unspecified atom stereocenters. The number of carbonyl (C=O) groups excluding carboxylic acids is 1. The van der Waals surface area contributed by atoms with Crippen LogP contribution >= 0.6 is 0 Å². The van der Waals surface area contributed by atoms with Crippen molar-refractivity contribution in [2.45, 2.75) is 33.6 Å². The van der Waals surface area contributed by atoms with Gasteiger partial charge < -0.3 is 5.32 Å². The van der Waals surface area contributed by atoms with Crippen LogP contribution in [0, 0.1) is 6.92 Å². The van der Waals surface area contributed by atoms with Crippen LogP contribution in [0.25, 0.3) is 5.95 Å². The van der Waals surface area contributed by atoms with Crippen molar-refractivity contribution in [3.8, 4) is 5.95 Å². The predicted octanol–water partition coefficient (Wildman–Crippen LogP) is 1.17. The van der Waals surface area contributed by atoms with Crippen LogP contribution in [-0.4, -0.2) is 25.7 Å². The monoisotopic (exact) mass is 275 g/mol. The molecule has 0 aromatic carbocycles. The van der Waals surface area contributed by atoms with Crippen LogP contribution in [0.5, 0.6) is 0 Å². The van der Waals surface area contributed by atoms with E-state index in [9.17, 15) is 9.59 Å². The number of carbonyl (C=O) groups is 1. The van der Waals surface area contributed by atoms with Crippen molar-refractivity contribution in [3.05, 3.63) is 33.9 Å². The Hall–Kier alpha value is -2.44. The molecule has 7 heteroatoms. The Morgan fingerprint density at radius 2 is 2.15 bits per heavy atom. The van der Waals surface area contributed by atoms with Gasteiger partial charge in [0.15, 0.2) is 0 Å². The van der Waals surface area contributed by atoms with Gasteiger partial charge in [0.05, 0.1) is 5.69 Å². The van der Waals surface area contributed by atoms with E-state index in [1.807, 2.05) is 6.92 Å². The van der Waals surface area contributed by atoms with Gasteiger partial charge in [-0.1, -0.05) is 13.8 Å². The number of rotatable bonds is 4. The smallest absolute Gasteiger partial charge is 0.252 e. The lowest BCUT2D eigenvalue weighted by Gasteiger charge is -2.07. The summed E-state index contributed by atoms with van der Waals surface area (Å²) in [6.45, 7) is 5.49. The molecular formula is C13H17N5O2. The lowest BCUT2D eigenvalue weighted by Crippen LogP contribution is -2.18. The maximum atomic E-state index is 11.6. The van der Waals surface area contributed by atoms with Gasteiger partial charge in [-0.2, -0.15) is 9.78 Å². The molecule has 1 amide bonds. The van der Waals surface area contributed by atoms with Crippen LogP contribution < -0.4 is 10.9 Å². The van der Waals surface area contributed by atoms with Crippen LogP contribution in [0.3, 0.4) is 0 Å². The summed E-state index contributed by atoms with van der Waals surface area (Å²) in [7, 11) is 0. The van der Waals surface area contributed by atoms with E-state index in [1.165, 1.54) is 10.7 Å². The van der Waals surface area contributed by atoms with E-state index in [1.54, 1.807) is 19.9 Å². The van der Waals surface area contributed by atoms with Crippen LogP contribution in [0.15, 0.2) is 16.9 Å². The summed E-state index contributed by atoms with van der Waals surface area (Å²) in [6.07, 6.45) is 1.01. The van der Waals surface area contributed by atoms with Gasteiger partial charge in [0.2, 0.25) is 11.9 Å². The van der Waals surface area contributed by atoms with E-state index in [0.29, 0.717) is 30.3 Å². The second-order valence-electron chi connectivity index (χ2n) is 4.40. The number of hydrogen-bond acceptors (Lipinski definition) is 4. The number of nitrogens with zero attached hydrogens (tertiary/aromatic N) is 3. The average molecular weight is 275 g/mol. The van der Waals surface area contributed by atoms with Gasteiger partial charge in [-0.15, -0.1) is 0 Å². The third kappa shape index (κ3) is 2.93. The first-order chi connectivity index (χ1) is 9.53. The molecule has 0 atom stereocenters. The Morgan fingerprint density at radius 3 is 2.80 bits per heavy atom. The fraction of sp³-hybridized carbons (Fsp3) is 0.385. The fourth-order valence-electron chi connectivity index (χ4n) is 1.76. The summed E-state index contributed by atoms with van der Waals surface area (Å²) in [5, 5.41) is 6.99. The number of amides is 1. The van der Waals surface area contributed by atoms with E-state index in [-0.39, 0.29) is 11.5 Å². The molecule has 2 rings (SSSR count). The molecule has 20 heavy (non-hydrogen) atoms. The minimum Gasteiger partial charge on any atom is -0.310 e. The fourth-order valence-corrected chi connectivity index (χ4v) is 1.76. The molecule has 106 valence electrons. The first-order valence-electron chi connectivity index (χ1n) is 6.50. The summed E-state index contributed by atoms with van der Waals surface area (Å²) in [4.78, 5) is 30.1. The Morgan fingerprint density at radius 1 is 1.40 bits per heavy atom. The van der Waals surface area contributed by atoms with Gasteiger partial charge in [-0.3, -0.25) is 14.6 Å². The second kappa shape index (κ2) is 5.68. The molecule has 2 N–H and O–H groups in total. The summed E-state index contributed by atoms with van der Waals surface area (Å²) in [5.74, 6) is 0.666. The molecule has 0 saturated heterocycles. The number of nitrogens with one attached hydrogen (secondary N) is 2. The summed E-state index contributed by atoms with van der Waals surface area (Å²) in [6, 6.07) is 3.18.